The number of aliphatic hydroxyl groups is 1. The fraction of sp³-hybridized carbons (Fsp3) is 1.00. The first-order chi connectivity index (χ1) is 8.94. The lowest BCUT2D eigenvalue weighted by molar-refractivity contribution is 0.0450. The quantitative estimate of drug-likeness (QED) is 0.750. The third-order valence-corrected chi connectivity index (χ3v) is 5.96. The van der Waals surface area contributed by atoms with Crippen molar-refractivity contribution in [2.75, 3.05) is 39.8 Å². The van der Waals surface area contributed by atoms with Crippen LogP contribution < -0.4 is 5.32 Å². The van der Waals surface area contributed by atoms with Crippen LogP contribution in [0, 0.1) is 0 Å². The minimum absolute atomic E-state index is 0.166. The van der Waals surface area contributed by atoms with Crippen molar-refractivity contribution in [1.82, 2.24) is 13.9 Å². The van der Waals surface area contributed by atoms with Crippen molar-refractivity contribution < 1.29 is 13.5 Å². The van der Waals surface area contributed by atoms with Gasteiger partial charge >= 0.3 is 0 Å². The Morgan fingerprint density at radius 1 is 1.26 bits per heavy atom. The van der Waals surface area contributed by atoms with Crippen LogP contribution in [-0.2, 0) is 10.2 Å². The molecule has 0 bridgehead atoms. The van der Waals surface area contributed by atoms with Crippen LogP contribution in [0.2, 0.25) is 0 Å². The van der Waals surface area contributed by atoms with Crippen LogP contribution in [0.1, 0.15) is 32.1 Å². The first kappa shape index (κ1) is 15.2. The van der Waals surface area contributed by atoms with E-state index in [4.69, 9.17) is 0 Å². The highest BCUT2D eigenvalue weighted by atomic mass is 32.2. The van der Waals surface area contributed by atoms with E-state index < -0.39 is 15.8 Å². The Bertz CT molecular complexity index is 385. The van der Waals surface area contributed by atoms with Gasteiger partial charge in [0.15, 0.2) is 0 Å². The summed E-state index contributed by atoms with van der Waals surface area (Å²) in [5.41, 5.74) is -0.923. The summed E-state index contributed by atoms with van der Waals surface area (Å²) in [6.07, 6.45) is 4.66. The number of likely N-dealkylation sites (N-methyl/N-ethyl adjacent to an activating group) is 1. The van der Waals surface area contributed by atoms with Gasteiger partial charge in [0.1, 0.15) is 0 Å². The van der Waals surface area contributed by atoms with E-state index in [-0.39, 0.29) is 6.54 Å². The van der Waals surface area contributed by atoms with Crippen LogP contribution >= 0.6 is 0 Å². The molecule has 0 aliphatic carbocycles. The molecule has 2 fully saturated rings. The van der Waals surface area contributed by atoms with E-state index in [1.807, 2.05) is 0 Å². The number of β-amino-alcohol motifs (C(OH)–C–C–N with tert-alkyl or cyclic N) is 1. The van der Waals surface area contributed by atoms with E-state index in [9.17, 15) is 13.5 Å². The third-order valence-electron chi connectivity index (χ3n) is 4.02. The molecule has 1 atom stereocenters. The molecule has 2 heterocycles. The maximum Gasteiger partial charge on any atom is 0.281 e. The maximum atomic E-state index is 12.5. The molecule has 0 amide bonds. The van der Waals surface area contributed by atoms with E-state index in [0.717, 1.165) is 32.2 Å². The maximum absolute atomic E-state index is 12.5. The van der Waals surface area contributed by atoms with Gasteiger partial charge in [0.05, 0.1) is 5.60 Å². The van der Waals surface area contributed by atoms with Crippen molar-refractivity contribution in [3.63, 3.8) is 0 Å². The lowest BCUT2D eigenvalue weighted by atomic mass is 10.0. The van der Waals surface area contributed by atoms with Crippen molar-refractivity contribution in [3.8, 4) is 0 Å². The molecule has 2 aliphatic heterocycles. The lowest BCUT2D eigenvalue weighted by Gasteiger charge is -2.31. The zero-order chi connectivity index (χ0) is 13.9. The summed E-state index contributed by atoms with van der Waals surface area (Å²) in [4.78, 5) is 0. The molecule has 2 rings (SSSR count). The monoisotopic (exact) mass is 291 g/mol. The fourth-order valence-corrected chi connectivity index (χ4v) is 4.35. The first-order valence-corrected chi connectivity index (χ1v) is 8.48. The minimum atomic E-state index is -3.43. The Hall–Kier alpha value is -0.210. The van der Waals surface area contributed by atoms with Gasteiger partial charge in [0, 0.05) is 33.2 Å². The summed E-state index contributed by atoms with van der Waals surface area (Å²) >= 11 is 0. The third kappa shape index (κ3) is 3.66. The second-order valence-electron chi connectivity index (χ2n) is 5.73. The smallest absolute Gasteiger partial charge is 0.281 e. The zero-order valence-corrected chi connectivity index (χ0v) is 12.5. The predicted molar refractivity (Wildman–Crippen MR) is 74.0 cm³/mol. The zero-order valence-electron chi connectivity index (χ0n) is 11.6. The normalized spacial score (nSPS) is 30.7. The number of rotatable bonds is 4. The molecule has 0 aromatic heterocycles. The molecule has 7 heteroatoms. The van der Waals surface area contributed by atoms with Crippen LogP contribution in [0.4, 0.5) is 0 Å². The molecule has 6 nitrogen and oxygen atoms in total. The number of nitrogens with one attached hydrogen (secondary N) is 1. The molecule has 2 N–H and O–H groups in total. The first-order valence-electron chi connectivity index (χ1n) is 7.09. The van der Waals surface area contributed by atoms with Gasteiger partial charge in [-0.2, -0.15) is 17.0 Å². The molecular weight excluding hydrogens is 266 g/mol. The van der Waals surface area contributed by atoms with E-state index in [2.05, 4.69) is 5.32 Å². The highest BCUT2D eigenvalue weighted by Gasteiger charge is 2.37. The average Bonchev–Trinajstić information content (AvgIpc) is 2.64. The molecule has 2 saturated heterocycles. The molecule has 1 unspecified atom stereocenters. The predicted octanol–water partition coefficient (Wildman–Crippen LogP) is -0.237. The van der Waals surface area contributed by atoms with Crippen LogP contribution in [0.25, 0.3) is 0 Å². The highest BCUT2D eigenvalue weighted by molar-refractivity contribution is 7.86. The molecule has 0 saturated carbocycles. The molecular formula is C12H25N3O3S. The number of hydrogen-bond donors (Lipinski definition) is 2. The Balaban J connectivity index is 2.01. The molecule has 0 aromatic rings. The fourth-order valence-electron chi connectivity index (χ4n) is 2.83. The van der Waals surface area contributed by atoms with Gasteiger partial charge < -0.3 is 10.4 Å². The Morgan fingerprint density at radius 2 is 1.89 bits per heavy atom. The Labute approximate surface area is 116 Å². The molecule has 112 valence electrons. The molecule has 0 radical (unpaired) electrons. The van der Waals surface area contributed by atoms with Gasteiger partial charge in [-0.25, -0.2) is 0 Å². The van der Waals surface area contributed by atoms with Crippen molar-refractivity contribution >= 4 is 10.2 Å². The standard InChI is InChI=1S/C12H25N3O3S/c1-14(11-12(16)6-7-13-10-12)19(17,18)15-8-4-2-3-5-9-15/h13,16H,2-11H2,1H3. The van der Waals surface area contributed by atoms with Crippen LogP contribution in [0.5, 0.6) is 0 Å². The minimum Gasteiger partial charge on any atom is -0.387 e. The molecule has 0 aromatic carbocycles. The summed E-state index contributed by atoms with van der Waals surface area (Å²) in [6, 6.07) is 0. The van der Waals surface area contributed by atoms with Crippen molar-refractivity contribution in [2.45, 2.75) is 37.7 Å². The van der Waals surface area contributed by atoms with E-state index in [0.29, 0.717) is 26.1 Å². The molecule has 0 spiro atoms. The van der Waals surface area contributed by atoms with Gasteiger partial charge in [-0.3, -0.25) is 0 Å². The summed E-state index contributed by atoms with van der Waals surface area (Å²) in [5, 5.41) is 13.4. The molecule has 2 aliphatic rings. The van der Waals surface area contributed by atoms with Gasteiger partial charge in [-0.15, -0.1) is 0 Å². The van der Waals surface area contributed by atoms with E-state index >= 15 is 0 Å². The van der Waals surface area contributed by atoms with Crippen molar-refractivity contribution in [2.24, 2.45) is 0 Å². The Morgan fingerprint density at radius 3 is 2.42 bits per heavy atom. The topological polar surface area (TPSA) is 72.9 Å². The van der Waals surface area contributed by atoms with Crippen molar-refractivity contribution in [1.29, 1.82) is 0 Å². The molecule has 19 heavy (non-hydrogen) atoms. The second-order valence-corrected chi connectivity index (χ2v) is 7.76. The van der Waals surface area contributed by atoms with E-state index in [1.165, 1.54) is 4.31 Å². The summed E-state index contributed by atoms with van der Waals surface area (Å²) < 4.78 is 27.8. The van der Waals surface area contributed by atoms with E-state index in [1.54, 1.807) is 11.4 Å². The number of hydrogen-bond acceptors (Lipinski definition) is 4. The Kier molecular flexibility index (Phi) is 4.84. The van der Waals surface area contributed by atoms with Crippen LogP contribution in [0.3, 0.4) is 0 Å². The van der Waals surface area contributed by atoms with Crippen molar-refractivity contribution in [3.05, 3.63) is 0 Å². The largest absolute Gasteiger partial charge is 0.387 e. The van der Waals surface area contributed by atoms with Gasteiger partial charge in [0.25, 0.3) is 10.2 Å². The van der Waals surface area contributed by atoms with Crippen LogP contribution in [0.15, 0.2) is 0 Å². The number of nitrogens with zero attached hydrogens (tertiary/aromatic N) is 2. The summed E-state index contributed by atoms with van der Waals surface area (Å²) in [7, 11) is -1.87. The summed E-state index contributed by atoms with van der Waals surface area (Å²) in [6.45, 7) is 2.58. The van der Waals surface area contributed by atoms with Gasteiger partial charge in [-0.1, -0.05) is 12.8 Å². The SMILES string of the molecule is CN(CC1(O)CCNC1)S(=O)(=O)N1CCCCCC1. The van der Waals surface area contributed by atoms with Gasteiger partial charge in [-0.05, 0) is 25.8 Å². The highest BCUT2D eigenvalue weighted by Crippen LogP contribution is 2.20. The van der Waals surface area contributed by atoms with Gasteiger partial charge in [0.2, 0.25) is 0 Å². The second kappa shape index (κ2) is 6.05. The van der Waals surface area contributed by atoms with Crippen LogP contribution in [-0.4, -0.2) is 67.5 Å². The average molecular weight is 291 g/mol. The lowest BCUT2D eigenvalue weighted by Crippen LogP contribution is -2.50. The summed E-state index contributed by atoms with van der Waals surface area (Å²) in [5.74, 6) is 0.